The molecule has 1 aliphatic rings. The molecule has 1 atom stereocenters. The molecule has 2 nitrogen and oxygen atoms in total. The van der Waals surface area contributed by atoms with Crippen molar-refractivity contribution in [3.05, 3.63) is 23.3 Å². The van der Waals surface area contributed by atoms with E-state index >= 15 is 0 Å². The van der Waals surface area contributed by atoms with Crippen molar-refractivity contribution in [3.63, 3.8) is 0 Å². The van der Waals surface area contributed by atoms with Gasteiger partial charge in [-0.15, -0.1) is 0 Å². The Kier molecular flexibility index (Phi) is 3.04. The third-order valence-electron chi connectivity index (χ3n) is 2.65. The SMILES string of the molecule is CC1=CC(C)(CCC=O)C(=O)C(C)=C1. The molecule has 2 heteroatoms. The van der Waals surface area contributed by atoms with E-state index in [1.807, 2.05) is 32.9 Å². The first-order valence-corrected chi connectivity index (χ1v) is 4.86. The van der Waals surface area contributed by atoms with Crippen molar-refractivity contribution in [3.8, 4) is 0 Å². The molecular formula is C12H16O2. The van der Waals surface area contributed by atoms with Crippen LogP contribution in [-0.2, 0) is 9.59 Å². The number of carbonyl (C=O) groups excluding carboxylic acids is 2. The summed E-state index contributed by atoms with van der Waals surface area (Å²) in [6.45, 7) is 5.71. The molecule has 14 heavy (non-hydrogen) atoms. The summed E-state index contributed by atoms with van der Waals surface area (Å²) in [5.41, 5.74) is 1.43. The molecule has 0 saturated carbocycles. The number of Topliss-reactive ketones (excluding diaryl/α,β-unsaturated/α-hetero) is 1. The molecule has 0 aromatic rings. The summed E-state index contributed by atoms with van der Waals surface area (Å²) in [6, 6.07) is 0. The van der Waals surface area contributed by atoms with E-state index in [0.717, 1.165) is 17.4 Å². The van der Waals surface area contributed by atoms with E-state index in [4.69, 9.17) is 0 Å². The van der Waals surface area contributed by atoms with Crippen LogP contribution in [0.2, 0.25) is 0 Å². The molecule has 0 aliphatic heterocycles. The third kappa shape index (κ3) is 2.00. The Morgan fingerprint density at radius 3 is 2.64 bits per heavy atom. The predicted molar refractivity (Wildman–Crippen MR) is 55.9 cm³/mol. The molecule has 1 aliphatic carbocycles. The van der Waals surface area contributed by atoms with Gasteiger partial charge in [0.2, 0.25) is 0 Å². The first kappa shape index (κ1) is 10.9. The van der Waals surface area contributed by atoms with Crippen LogP contribution in [0.4, 0.5) is 0 Å². The number of hydrogen-bond donors (Lipinski definition) is 0. The maximum atomic E-state index is 11.9. The minimum atomic E-state index is -0.468. The fourth-order valence-electron chi connectivity index (χ4n) is 2.01. The molecular weight excluding hydrogens is 176 g/mol. The zero-order valence-corrected chi connectivity index (χ0v) is 8.96. The molecule has 0 bridgehead atoms. The van der Waals surface area contributed by atoms with Crippen molar-refractivity contribution in [2.45, 2.75) is 33.6 Å². The van der Waals surface area contributed by atoms with Gasteiger partial charge in [-0.1, -0.05) is 17.7 Å². The van der Waals surface area contributed by atoms with Crippen LogP contribution < -0.4 is 0 Å². The lowest BCUT2D eigenvalue weighted by Gasteiger charge is -2.28. The Morgan fingerprint density at radius 1 is 1.43 bits per heavy atom. The Bertz CT molecular complexity index is 323. The van der Waals surface area contributed by atoms with Crippen LogP contribution >= 0.6 is 0 Å². The first-order chi connectivity index (χ1) is 6.49. The van der Waals surface area contributed by atoms with Crippen molar-refractivity contribution in [2.75, 3.05) is 0 Å². The summed E-state index contributed by atoms with van der Waals surface area (Å²) in [7, 11) is 0. The molecule has 0 fully saturated rings. The van der Waals surface area contributed by atoms with E-state index < -0.39 is 5.41 Å². The maximum absolute atomic E-state index is 11.9. The topological polar surface area (TPSA) is 34.1 Å². The molecule has 0 aromatic carbocycles. The number of hydrogen-bond acceptors (Lipinski definition) is 2. The number of rotatable bonds is 3. The number of ketones is 1. The van der Waals surface area contributed by atoms with Crippen LogP contribution in [0.15, 0.2) is 23.3 Å². The average molecular weight is 192 g/mol. The van der Waals surface area contributed by atoms with Gasteiger partial charge in [0.1, 0.15) is 6.29 Å². The lowest BCUT2D eigenvalue weighted by Crippen LogP contribution is -2.29. The molecule has 0 saturated heterocycles. The van der Waals surface area contributed by atoms with Gasteiger partial charge < -0.3 is 4.79 Å². The maximum Gasteiger partial charge on any atom is 0.168 e. The van der Waals surface area contributed by atoms with E-state index in [9.17, 15) is 9.59 Å². The van der Waals surface area contributed by atoms with Crippen molar-refractivity contribution >= 4 is 12.1 Å². The van der Waals surface area contributed by atoms with Gasteiger partial charge in [-0.3, -0.25) is 4.79 Å². The summed E-state index contributed by atoms with van der Waals surface area (Å²) in [5.74, 6) is 0.143. The standard InChI is InChI=1S/C12H16O2/c1-9-7-10(2)11(14)12(3,8-9)5-4-6-13/h6-8H,4-5H2,1-3H3. The quantitative estimate of drug-likeness (QED) is 0.644. The van der Waals surface area contributed by atoms with Crippen molar-refractivity contribution in [2.24, 2.45) is 5.41 Å². The van der Waals surface area contributed by atoms with Crippen LogP contribution in [-0.4, -0.2) is 12.1 Å². The minimum absolute atomic E-state index is 0.143. The monoisotopic (exact) mass is 192 g/mol. The van der Waals surface area contributed by atoms with Crippen molar-refractivity contribution in [1.82, 2.24) is 0 Å². The summed E-state index contributed by atoms with van der Waals surface area (Å²) >= 11 is 0. The highest BCUT2D eigenvalue weighted by atomic mass is 16.1. The van der Waals surface area contributed by atoms with Gasteiger partial charge in [-0.25, -0.2) is 0 Å². The molecule has 1 unspecified atom stereocenters. The van der Waals surface area contributed by atoms with Gasteiger partial charge in [-0.2, -0.15) is 0 Å². The van der Waals surface area contributed by atoms with E-state index in [1.54, 1.807) is 0 Å². The molecule has 0 amide bonds. The van der Waals surface area contributed by atoms with E-state index in [1.165, 1.54) is 0 Å². The lowest BCUT2D eigenvalue weighted by molar-refractivity contribution is -0.122. The van der Waals surface area contributed by atoms with Crippen LogP contribution in [0, 0.1) is 5.41 Å². The summed E-state index contributed by atoms with van der Waals surface area (Å²) in [6.07, 6.45) is 5.78. The molecule has 0 spiro atoms. The largest absolute Gasteiger partial charge is 0.303 e. The number of allylic oxidation sites excluding steroid dienone is 4. The Hall–Kier alpha value is -1.18. The van der Waals surface area contributed by atoms with Crippen molar-refractivity contribution < 1.29 is 9.59 Å². The van der Waals surface area contributed by atoms with Gasteiger partial charge in [0, 0.05) is 11.8 Å². The molecule has 0 radical (unpaired) electrons. The van der Waals surface area contributed by atoms with Gasteiger partial charge >= 0.3 is 0 Å². The second-order valence-corrected chi connectivity index (χ2v) is 4.17. The van der Waals surface area contributed by atoms with Crippen LogP contribution in [0.25, 0.3) is 0 Å². The Labute approximate surface area is 84.7 Å². The minimum Gasteiger partial charge on any atom is -0.303 e. The second-order valence-electron chi connectivity index (χ2n) is 4.17. The predicted octanol–water partition coefficient (Wildman–Crippen LogP) is 2.45. The van der Waals surface area contributed by atoms with E-state index in [0.29, 0.717) is 12.8 Å². The molecule has 0 heterocycles. The fourth-order valence-corrected chi connectivity index (χ4v) is 2.01. The first-order valence-electron chi connectivity index (χ1n) is 4.86. The molecule has 0 N–H and O–H groups in total. The van der Waals surface area contributed by atoms with E-state index in [-0.39, 0.29) is 5.78 Å². The molecule has 1 rings (SSSR count). The number of aldehydes is 1. The van der Waals surface area contributed by atoms with Gasteiger partial charge in [0.25, 0.3) is 0 Å². The summed E-state index contributed by atoms with van der Waals surface area (Å²) < 4.78 is 0. The molecule has 0 aromatic heterocycles. The Balaban J connectivity index is 2.93. The third-order valence-corrected chi connectivity index (χ3v) is 2.65. The summed E-state index contributed by atoms with van der Waals surface area (Å²) in [5, 5.41) is 0. The highest BCUT2D eigenvalue weighted by Gasteiger charge is 2.33. The normalized spacial score (nSPS) is 26.9. The zero-order valence-electron chi connectivity index (χ0n) is 8.96. The van der Waals surface area contributed by atoms with Crippen LogP contribution in [0.1, 0.15) is 33.6 Å². The average Bonchev–Trinajstić information content (AvgIpc) is 2.11. The van der Waals surface area contributed by atoms with E-state index in [2.05, 4.69) is 0 Å². The van der Waals surface area contributed by atoms with Gasteiger partial charge in [-0.05, 0) is 32.8 Å². The van der Waals surface area contributed by atoms with Gasteiger partial charge in [0.05, 0.1) is 0 Å². The lowest BCUT2D eigenvalue weighted by atomic mass is 9.74. The van der Waals surface area contributed by atoms with Gasteiger partial charge in [0.15, 0.2) is 5.78 Å². The number of carbonyl (C=O) groups is 2. The van der Waals surface area contributed by atoms with Crippen molar-refractivity contribution in [1.29, 1.82) is 0 Å². The molecule has 76 valence electrons. The highest BCUT2D eigenvalue weighted by molar-refractivity contribution is 6.02. The fraction of sp³-hybridized carbons (Fsp3) is 0.500. The highest BCUT2D eigenvalue weighted by Crippen LogP contribution is 2.34. The second kappa shape index (κ2) is 3.91. The summed E-state index contributed by atoms with van der Waals surface area (Å²) in [4.78, 5) is 22.2. The Morgan fingerprint density at radius 2 is 2.07 bits per heavy atom. The smallest absolute Gasteiger partial charge is 0.168 e. The van der Waals surface area contributed by atoms with Crippen LogP contribution in [0.5, 0.6) is 0 Å². The van der Waals surface area contributed by atoms with Crippen LogP contribution in [0.3, 0.4) is 0 Å². The zero-order chi connectivity index (χ0) is 10.8.